The van der Waals surface area contributed by atoms with Gasteiger partial charge in [-0.3, -0.25) is 4.79 Å². The Morgan fingerprint density at radius 2 is 2.00 bits per heavy atom. The van der Waals surface area contributed by atoms with Crippen LogP contribution in [-0.4, -0.2) is 25.5 Å². The Morgan fingerprint density at radius 1 is 1.38 bits per heavy atom. The molecule has 0 saturated heterocycles. The van der Waals surface area contributed by atoms with Crippen LogP contribution < -0.4 is 10.6 Å². The lowest BCUT2D eigenvalue weighted by Crippen LogP contribution is -2.44. The monoisotopic (exact) mass is 248 g/mol. The molecule has 1 rings (SSSR count). The van der Waals surface area contributed by atoms with Crippen LogP contribution >= 0.6 is 12.4 Å². The molecule has 16 heavy (non-hydrogen) atoms. The summed E-state index contributed by atoms with van der Waals surface area (Å²) in [6.07, 6.45) is 4.99. The van der Waals surface area contributed by atoms with Crippen LogP contribution in [0.2, 0.25) is 0 Å². The van der Waals surface area contributed by atoms with E-state index in [9.17, 15) is 4.79 Å². The first-order valence-electron chi connectivity index (χ1n) is 6.10. The summed E-state index contributed by atoms with van der Waals surface area (Å²) in [4.78, 5) is 11.8. The fourth-order valence-corrected chi connectivity index (χ4v) is 2.25. The molecule has 96 valence electrons. The van der Waals surface area contributed by atoms with Crippen molar-refractivity contribution in [1.82, 2.24) is 10.6 Å². The molecule has 0 aromatic heterocycles. The van der Waals surface area contributed by atoms with Gasteiger partial charge in [-0.25, -0.2) is 0 Å². The number of hydrogen-bond donors (Lipinski definition) is 2. The second-order valence-electron chi connectivity index (χ2n) is 4.84. The van der Waals surface area contributed by atoms with Crippen molar-refractivity contribution in [1.29, 1.82) is 0 Å². The van der Waals surface area contributed by atoms with Gasteiger partial charge >= 0.3 is 0 Å². The van der Waals surface area contributed by atoms with E-state index in [1.807, 2.05) is 14.0 Å². The number of carbonyl (C=O) groups is 1. The maximum atomic E-state index is 11.8. The van der Waals surface area contributed by atoms with Gasteiger partial charge in [-0.05, 0) is 25.8 Å². The Morgan fingerprint density at radius 3 is 2.56 bits per heavy atom. The SMILES string of the molecule is CNCC(C)C(=O)NC1CCCCC1C.Cl. The van der Waals surface area contributed by atoms with Crippen molar-refractivity contribution in [2.75, 3.05) is 13.6 Å². The lowest BCUT2D eigenvalue weighted by atomic mass is 9.85. The van der Waals surface area contributed by atoms with Gasteiger partial charge in [0.05, 0.1) is 0 Å². The number of nitrogens with one attached hydrogen (secondary N) is 2. The Labute approximate surface area is 105 Å². The predicted octanol–water partition coefficient (Wildman–Crippen LogP) is 1.96. The van der Waals surface area contributed by atoms with Crippen molar-refractivity contribution in [2.24, 2.45) is 11.8 Å². The van der Waals surface area contributed by atoms with E-state index in [1.165, 1.54) is 19.3 Å². The highest BCUT2D eigenvalue weighted by Crippen LogP contribution is 2.23. The number of halogens is 1. The maximum absolute atomic E-state index is 11.8. The summed E-state index contributed by atoms with van der Waals surface area (Å²) < 4.78 is 0. The molecule has 0 aromatic carbocycles. The molecule has 1 saturated carbocycles. The van der Waals surface area contributed by atoms with E-state index in [4.69, 9.17) is 0 Å². The van der Waals surface area contributed by atoms with E-state index >= 15 is 0 Å². The van der Waals surface area contributed by atoms with Crippen molar-refractivity contribution >= 4 is 18.3 Å². The van der Waals surface area contributed by atoms with E-state index in [0.29, 0.717) is 12.0 Å². The molecule has 3 nitrogen and oxygen atoms in total. The van der Waals surface area contributed by atoms with Crippen LogP contribution in [0.3, 0.4) is 0 Å². The van der Waals surface area contributed by atoms with Crippen molar-refractivity contribution in [3.63, 3.8) is 0 Å². The summed E-state index contributed by atoms with van der Waals surface area (Å²) in [6.45, 7) is 4.97. The van der Waals surface area contributed by atoms with Crippen LogP contribution in [0.25, 0.3) is 0 Å². The van der Waals surface area contributed by atoms with E-state index in [1.54, 1.807) is 0 Å². The Balaban J connectivity index is 0.00000225. The molecular weight excluding hydrogens is 224 g/mol. The van der Waals surface area contributed by atoms with Gasteiger partial charge in [0, 0.05) is 18.5 Å². The Bertz CT molecular complexity index is 211. The molecule has 1 amide bonds. The molecule has 1 aliphatic rings. The standard InChI is InChI=1S/C12H24N2O.ClH/c1-9-6-4-5-7-11(9)14-12(15)10(2)8-13-3;/h9-11,13H,4-8H2,1-3H3,(H,14,15);1H. The second kappa shape index (κ2) is 7.91. The zero-order chi connectivity index (χ0) is 11.3. The number of rotatable bonds is 4. The summed E-state index contributed by atoms with van der Waals surface area (Å²) in [7, 11) is 1.88. The van der Waals surface area contributed by atoms with Gasteiger partial charge in [-0.15, -0.1) is 12.4 Å². The lowest BCUT2D eigenvalue weighted by Gasteiger charge is -2.30. The van der Waals surface area contributed by atoms with Crippen molar-refractivity contribution in [3.05, 3.63) is 0 Å². The smallest absolute Gasteiger partial charge is 0.224 e. The van der Waals surface area contributed by atoms with E-state index < -0.39 is 0 Å². The van der Waals surface area contributed by atoms with Crippen molar-refractivity contribution in [3.8, 4) is 0 Å². The van der Waals surface area contributed by atoms with Crippen LogP contribution in [0.15, 0.2) is 0 Å². The number of carbonyl (C=O) groups excluding carboxylic acids is 1. The summed E-state index contributed by atoms with van der Waals surface area (Å²) in [5.74, 6) is 0.914. The van der Waals surface area contributed by atoms with Crippen LogP contribution in [-0.2, 0) is 4.79 Å². The van der Waals surface area contributed by atoms with E-state index in [0.717, 1.165) is 13.0 Å². The largest absolute Gasteiger partial charge is 0.353 e. The highest BCUT2D eigenvalue weighted by Gasteiger charge is 2.24. The molecule has 3 unspecified atom stereocenters. The molecule has 1 aliphatic carbocycles. The Hall–Kier alpha value is -0.280. The van der Waals surface area contributed by atoms with E-state index in [2.05, 4.69) is 17.6 Å². The third-order valence-corrected chi connectivity index (χ3v) is 3.40. The second-order valence-corrected chi connectivity index (χ2v) is 4.84. The zero-order valence-electron chi connectivity index (χ0n) is 10.6. The van der Waals surface area contributed by atoms with Gasteiger partial charge in [0.25, 0.3) is 0 Å². The fraction of sp³-hybridized carbons (Fsp3) is 0.917. The minimum absolute atomic E-state index is 0. The highest BCUT2D eigenvalue weighted by atomic mass is 35.5. The van der Waals surface area contributed by atoms with Crippen LogP contribution in [0.1, 0.15) is 39.5 Å². The summed E-state index contributed by atoms with van der Waals surface area (Å²) >= 11 is 0. The fourth-order valence-electron chi connectivity index (χ4n) is 2.25. The van der Waals surface area contributed by atoms with E-state index in [-0.39, 0.29) is 24.2 Å². The molecule has 0 aromatic rings. The molecule has 0 spiro atoms. The molecule has 0 radical (unpaired) electrons. The average Bonchev–Trinajstić information content (AvgIpc) is 2.21. The molecule has 2 N–H and O–H groups in total. The summed E-state index contributed by atoms with van der Waals surface area (Å²) in [5.41, 5.74) is 0. The normalized spacial score (nSPS) is 26.7. The molecular formula is C12H25ClN2O. The quantitative estimate of drug-likeness (QED) is 0.799. The highest BCUT2D eigenvalue weighted by molar-refractivity contribution is 5.85. The Kier molecular flexibility index (Phi) is 7.77. The molecule has 0 aliphatic heterocycles. The van der Waals surface area contributed by atoms with Gasteiger partial charge in [-0.1, -0.05) is 26.7 Å². The topological polar surface area (TPSA) is 41.1 Å². The van der Waals surface area contributed by atoms with Gasteiger partial charge in [0.1, 0.15) is 0 Å². The van der Waals surface area contributed by atoms with Gasteiger partial charge in [-0.2, -0.15) is 0 Å². The number of amides is 1. The predicted molar refractivity (Wildman–Crippen MR) is 69.9 cm³/mol. The molecule has 0 bridgehead atoms. The zero-order valence-corrected chi connectivity index (χ0v) is 11.4. The molecule has 1 fully saturated rings. The lowest BCUT2D eigenvalue weighted by molar-refractivity contribution is -0.125. The first-order valence-corrected chi connectivity index (χ1v) is 6.10. The average molecular weight is 249 g/mol. The first kappa shape index (κ1) is 15.7. The minimum atomic E-state index is 0. The van der Waals surface area contributed by atoms with Crippen molar-refractivity contribution < 1.29 is 4.79 Å². The number of hydrogen-bond acceptors (Lipinski definition) is 2. The first-order chi connectivity index (χ1) is 7.15. The minimum Gasteiger partial charge on any atom is -0.353 e. The van der Waals surface area contributed by atoms with Gasteiger partial charge in [0.15, 0.2) is 0 Å². The van der Waals surface area contributed by atoms with Gasteiger partial charge in [0.2, 0.25) is 5.91 Å². The summed E-state index contributed by atoms with van der Waals surface area (Å²) in [6, 6.07) is 0.408. The molecule has 0 heterocycles. The van der Waals surface area contributed by atoms with Crippen molar-refractivity contribution in [2.45, 2.75) is 45.6 Å². The molecule has 4 heteroatoms. The van der Waals surface area contributed by atoms with Crippen LogP contribution in [0, 0.1) is 11.8 Å². The van der Waals surface area contributed by atoms with Crippen LogP contribution in [0.4, 0.5) is 0 Å². The third-order valence-electron chi connectivity index (χ3n) is 3.40. The third kappa shape index (κ3) is 4.71. The molecule has 3 atom stereocenters. The van der Waals surface area contributed by atoms with Gasteiger partial charge < -0.3 is 10.6 Å². The van der Waals surface area contributed by atoms with Crippen LogP contribution in [0.5, 0.6) is 0 Å². The summed E-state index contributed by atoms with van der Waals surface area (Å²) in [5, 5.41) is 6.21. The maximum Gasteiger partial charge on any atom is 0.224 e.